The standard InChI is InChI=1S/C20H18N4OS/c1-21-20-18(16-6-4-12-26-16)23-17(13-7-9-14(25-2)10-8-13)15-5-3-11-22-19(15)24-20/h3-12,18H,1-2H3,(H,21,22,24). The Labute approximate surface area is 156 Å². The minimum Gasteiger partial charge on any atom is -0.497 e. The van der Waals surface area contributed by atoms with Gasteiger partial charge in [0.1, 0.15) is 17.6 Å². The van der Waals surface area contributed by atoms with E-state index in [4.69, 9.17) is 14.7 Å². The molecule has 0 saturated heterocycles. The average molecular weight is 362 g/mol. The van der Waals surface area contributed by atoms with E-state index in [-0.39, 0.29) is 6.04 Å². The van der Waals surface area contributed by atoms with E-state index in [0.717, 1.165) is 33.3 Å². The van der Waals surface area contributed by atoms with Crippen molar-refractivity contribution in [3.8, 4) is 5.75 Å². The van der Waals surface area contributed by atoms with Crippen molar-refractivity contribution >= 4 is 28.7 Å². The molecule has 0 amide bonds. The summed E-state index contributed by atoms with van der Waals surface area (Å²) < 4.78 is 5.28. The summed E-state index contributed by atoms with van der Waals surface area (Å²) in [7, 11) is 3.53. The van der Waals surface area contributed by atoms with E-state index in [2.05, 4.69) is 21.7 Å². The Kier molecular flexibility index (Phi) is 4.50. The maximum atomic E-state index is 5.28. The first kappa shape index (κ1) is 16.5. The Bertz CT molecular complexity index is 962. The molecule has 3 heterocycles. The predicted octanol–water partition coefficient (Wildman–Crippen LogP) is 3.99. The van der Waals surface area contributed by atoms with Crippen LogP contribution in [-0.2, 0) is 0 Å². The van der Waals surface area contributed by atoms with Crippen LogP contribution in [0.3, 0.4) is 0 Å². The quantitative estimate of drug-likeness (QED) is 0.766. The zero-order valence-corrected chi connectivity index (χ0v) is 15.3. The second kappa shape index (κ2) is 7.09. The van der Waals surface area contributed by atoms with Crippen molar-refractivity contribution in [1.29, 1.82) is 0 Å². The number of ether oxygens (including phenoxy) is 1. The summed E-state index contributed by atoms with van der Waals surface area (Å²) in [6.45, 7) is 0. The SMILES string of the molecule is CNC1=Nc2ncccc2C(c2ccc(OC)cc2)=NC1c1cccs1. The molecule has 3 aromatic rings. The summed E-state index contributed by atoms with van der Waals surface area (Å²) >= 11 is 1.67. The number of thiophene rings is 1. The van der Waals surface area contributed by atoms with E-state index in [9.17, 15) is 0 Å². The first-order chi connectivity index (χ1) is 12.8. The van der Waals surface area contributed by atoms with Crippen molar-refractivity contribution < 1.29 is 4.74 Å². The van der Waals surface area contributed by atoms with Gasteiger partial charge < -0.3 is 10.1 Å². The van der Waals surface area contributed by atoms with Crippen LogP contribution in [0.4, 0.5) is 5.82 Å². The van der Waals surface area contributed by atoms with Crippen LogP contribution in [0.15, 0.2) is 70.1 Å². The van der Waals surface area contributed by atoms with E-state index >= 15 is 0 Å². The molecule has 1 aromatic carbocycles. The van der Waals surface area contributed by atoms with Crippen LogP contribution in [0, 0.1) is 0 Å². The second-order valence-corrected chi connectivity index (χ2v) is 6.73. The number of hydrogen-bond acceptors (Lipinski definition) is 6. The van der Waals surface area contributed by atoms with Crippen molar-refractivity contribution in [2.45, 2.75) is 6.04 Å². The molecule has 6 heteroatoms. The van der Waals surface area contributed by atoms with Gasteiger partial charge in [0, 0.05) is 29.2 Å². The fourth-order valence-electron chi connectivity index (χ4n) is 2.92. The number of hydrogen-bond donors (Lipinski definition) is 1. The first-order valence-electron chi connectivity index (χ1n) is 8.27. The van der Waals surface area contributed by atoms with E-state index in [1.54, 1.807) is 24.6 Å². The fraction of sp³-hybridized carbons (Fsp3) is 0.150. The smallest absolute Gasteiger partial charge is 0.163 e. The zero-order chi connectivity index (χ0) is 17.9. The molecule has 130 valence electrons. The molecule has 1 aliphatic rings. The highest BCUT2D eigenvalue weighted by atomic mass is 32.1. The molecule has 1 N–H and O–H groups in total. The van der Waals surface area contributed by atoms with Gasteiger partial charge in [-0.3, -0.25) is 4.99 Å². The number of amidine groups is 1. The number of benzene rings is 1. The molecular formula is C20H18N4OS. The van der Waals surface area contributed by atoms with Crippen molar-refractivity contribution in [3.05, 3.63) is 76.1 Å². The summed E-state index contributed by atoms with van der Waals surface area (Å²) in [4.78, 5) is 15.5. The highest BCUT2D eigenvalue weighted by Crippen LogP contribution is 2.32. The van der Waals surface area contributed by atoms with Gasteiger partial charge >= 0.3 is 0 Å². The Morgan fingerprint density at radius 2 is 1.92 bits per heavy atom. The third-order valence-electron chi connectivity index (χ3n) is 4.22. The molecule has 0 radical (unpaired) electrons. The van der Waals surface area contributed by atoms with Gasteiger partial charge in [0.25, 0.3) is 0 Å². The van der Waals surface area contributed by atoms with Gasteiger partial charge in [-0.15, -0.1) is 11.3 Å². The number of nitrogens with one attached hydrogen (secondary N) is 1. The Hall–Kier alpha value is -2.99. The van der Waals surface area contributed by atoms with Gasteiger partial charge in [0.05, 0.1) is 12.8 Å². The molecule has 1 unspecified atom stereocenters. The third kappa shape index (κ3) is 2.99. The maximum absolute atomic E-state index is 5.28. The van der Waals surface area contributed by atoms with E-state index in [1.807, 2.05) is 49.5 Å². The normalized spacial score (nSPS) is 16.2. The highest BCUT2D eigenvalue weighted by molar-refractivity contribution is 7.10. The lowest BCUT2D eigenvalue weighted by Gasteiger charge is -2.14. The van der Waals surface area contributed by atoms with Crippen LogP contribution in [0.1, 0.15) is 22.0 Å². The third-order valence-corrected chi connectivity index (χ3v) is 5.14. The lowest BCUT2D eigenvalue weighted by atomic mass is 10.0. The lowest BCUT2D eigenvalue weighted by molar-refractivity contribution is 0.415. The highest BCUT2D eigenvalue weighted by Gasteiger charge is 2.25. The Morgan fingerprint density at radius 3 is 2.62 bits per heavy atom. The van der Waals surface area contributed by atoms with Crippen LogP contribution >= 0.6 is 11.3 Å². The van der Waals surface area contributed by atoms with Crippen molar-refractivity contribution in [2.24, 2.45) is 9.98 Å². The Morgan fingerprint density at radius 1 is 1.08 bits per heavy atom. The Balaban J connectivity index is 1.92. The fourth-order valence-corrected chi connectivity index (χ4v) is 3.69. The van der Waals surface area contributed by atoms with Crippen molar-refractivity contribution in [3.63, 3.8) is 0 Å². The monoisotopic (exact) mass is 362 g/mol. The van der Waals surface area contributed by atoms with Gasteiger partial charge in [0.15, 0.2) is 5.82 Å². The van der Waals surface area contributed by atoms with E-state index in [1.165, 1.54) is 0 Å². The maximum Gasteiger partial charge on any atom is 0.163 e. The number of pyridine rings is 1. The van der Waals surface area contributed by atoms with Gasteiger partial charge in [-0.1, -0.05) is 6.07 Å². The van der Waals surface area contributed by atoms with E-state index in [0.29, 0.717) is 5.82 Å². The molecule has 0 saturated carbocycles. The van der Waals surface area contributed by atoms with Gasteiger partial charge in [0.2, 0.25) is 0 Å². The number of aromatic nitrogens is 1. The number of fused-ring (bicyclic) bond motifs is 1. The van der Waals surface area contributed by atoms with Crippen LogP contribution in [0.25, 0.3) is 0 Å². The number of aliphatic imine (C=N–C) groups is 2. The van der Waals surface area contributed by atoms with Crippen LogP contribution < -0.4 is 10.1 Å². The minimum absolute atomic E-state index is 0.189. The molecule has 0 aliphatic carbocycles. The van der Waals surface area contributed by atoms with Gasteiger partial charge in [-0.25, -0.2) is 9.98 Å². The summed E-state index contributed by atoms with van der Waals surface area (Å²) in [6.07, 6.45) is 1.76. The number of rotatable bonds is 3. The predicted molar refractivity (Wildman–Crippen MR) is 106 cm³/mol. The molecule has 0 spiro atoms. The zero-order valence-electron chi connectivity index (χ0n) is 14.5. The molecule has 1 aliphatic heterocycles. The summed E-state index contributed by atoms with van der Waals surface area (Å²) in [5, 5.41) is 5.26. The molecule has 0 bridgehead atoms. The number of nitrogens with zero attached hydrogens (tertiary/aromatic N) is 3. The van der Waals surface area contributed by atoms with Crippen LogP contribution in [0.2, 0.25) is 0 Å². The van der Waals surface area contributed by atoms with Crippen molar-refractivity contribution in [1.82, 2.24) is 10.3 Å². The van der Waals surface area contributed by atoms with Crippen molar-refractivity contribution in [2.75, 3.05) is 14.2 Å². The molecular weight excluding hydrogens is 344 g/mol. The summed E-state index contributed by atoms with van der Waals surface area (Å²) in [5.41, 5.74) is 2.81. The largest absolute Gasteiger partial charge is 0.497 e. The number of likely N-dealkylation sites (N-methyl/N-ethyl adjacent to an activating group) is 1. The molecule has 5 nitrogen and oxygen atoms in total. The average Bonchev–Trinajstić information content (AvgIpc) is 3.17. The second-order valence-electron chi connectivity index (χ2n) is 5.75. The molecule has 4 rings (SSSR count). The lowest BCUT2D eigenvalue weighted by Crippen LogP contribution is -2.24. The molecule has 1 atom stereocenters. The first-order valence-corrected chi connectivity index (χ1v) is 9.15. The van der Waals surface area contributed by atoms with Gasteiger partial charge in [-0.05, 0) is 47.8 Å². The van der Waals surface area contributed by atoms with Gasteiger partial charge in [-0.2, -0.15) is 0 Å². The summed E-state index contributed by atoms with van der Waals surface area (Å²) in [5.74, 6) is 2.28. The number of methoxy groups -OCH3 is 1. The topological polar surface area (TPSA) is 58.9 Å². The van der Waals surface area contributed by atoms with Crippen LogP contribution in [0.5, 0.6) is 5.75 Å². The van der Waals surface area contributed by atoms with Crippen LogP contribution in [-0.4, -0.2) is 30.7 Å². The molecule has 26 heavy (non-hydrogen) atoms. The minimum atomic E-state index is -0.189. The van der Waals surface area contributed by atoms with E-state index < -0.39 is 0 Å². The molecule has 0 fully saturated rings. The molecule has 2 aromatic heterocycles. The summed E-state index contributed by atoms with van der Waals surface area (Å²) in [6, 6.07) is 15.8.